The topological polar surface area (TPSA) is 72.9 Å². The number of carbonyl (C=O) groups excluding carboxylic acids is 1. The molecule has 0 aliphatic heterocycles. The van der Waals surface area contributed by atoms with E-state index in [-0.39, 0.29) is 11.3 Å². The quantitative estimate of drug-likeness (QED) is 0.901. The minimum absolute atomic E-state index is 0.107. The molecule has 0 saturated carbocycles. The van der Waals surface area contributed by atoms with Gasteiger partial charge in [0.2, 0.25) is 5.91 Å². The van der Waals surface area contributed by atoms with Gasteiger partial charge in [0.1, 0.15) is 5.82 Å². The van der Waals surface area contributed by atoms with Crippen molar-refractivity contribution in [2.24, 2.45) is 11.1 Å². The van der Waals surface area contributed by atoms with Crippen LogP contribution < -0.4 is 11.1 Å². The van der Waals surface area contributed by atoms with Crippen molar-refractivity contribution in [2.45, 2.75) is 40.3 Å². The van der Waals surface area contributed by atoms with Crippen molar-refractivity contribution in [3.8, 4) is 0 Å². The van der Waals surface area contributed by atoms with Crippen LogP contribution >= 0.6 is 0 Å². The highest BCUT2D eigenvalue weighted by Gasteiger charge is 2.27. The van der Waals surface area contributed by atoms with E-state index in [0.717, 1.165) is 16.9 Å². The minimum Gasteiger partial charge on any atom is -0.353 e. The van der Waals surface area contributed by atoms with Gasteiger partial charge in [-0.2, -0.15) is 0 Å². The number of nitrogens with two attached hydrogens (primary N) is 1. The Morgan fingerprint density at radius 1 is 1.38 bits per heavy atom. The molecule has 0 aliphatic carbocycles. The molecule has 0 saturated heterocycles. The molecule has 2 aromatic rings. The van der Waals surface area contributed by atoms with Gasteiger partial charge < -0.3 is 15.6 Å². The molecule has 1 heterocycles. The highest BCUT2D eigenvalue weighted by atomic mass is 16.2. The average Bonchev–Trinajstić information content (AvgIpc) is 2.73. The lowest BCUT2D eigenvalue weighted by Gasteiger charge is -2.25. The normalized spacial score (nSPS) is 13.4. The van der Waals surface area contributed by atoms with Crippen LogP contribution in [0.4, 0.5) is 0 Å². The van der Waals surface area contributed by atoms with Crippen LogP contribution in [0.2, 0.25) is 0 Å². The van der Waals surface area contributed by atoms with Gasteiger partial charge in [-0.05, 0) is 24.5 Å². The first-order chi connectivity index (χ1) is 9.80. The molecule has 0 spiro atoms. The number of imidazole rings is 1. The van der Waals surface area contributed by atoms with Crippen molar-refractivity contribution in [1.82, 2.24) is 14.9 Å². The second-order valence-electron chi connectivity index (χ2n) is 6.43. The fourth-order valence-electron chi connectivity index (χ4n) is 2.27. The number of benzene rings is 1. The summed E-state index contributed by atoms with van der Waals surface area (Å²) in [5, 5.41) is 2.91. The van der Waals surface area contributed by atoms with Gasteiger partial charge in [-0.3, -0.25) is 4.79 Å². The summed E-state index contributed by atoms with van der Waals surface area (Å²) in [6, 6.07) is 7.50. The molecule has 0 aliphatic rings. The minimum atomic E-state index is -0.502. The second-order valence-corrected chi connectivity index (χ2v) is 6.43. The van der Waals surface area contributed by atoms with Crippen LogP contribution in [0.25, 0.3) is 11.0 Å². The smallest absolute Gasteiger partial charge is 0.237 e. The number of nitrogens with zero attached hydrogens (tertiary/aromatic N) is 2. The first kappa shape index (κ1) is 15.5. The Morgan fingerprint density at radius 3 is 2.71 bits per heavy atom. The maximum atomic E-state index is 12.0. The van der Waals surface area contributed by atoms with Gasteiger partial charge in [-0.15, -0.1) is 0 Å². The summed E-state index contributed by atoms with van der Waals surface area (Å²) in [6.07, 6.45) is 0. The van der Waals surface area contributed by atoms with E-state index in [1.807, 2.05) is 52.0 Å². The molecule has 114 valence electrons. The first-order valence-electron chi connectivity index (χ1n) is 7.26. The van der Waals surface area contributed by atoms with Crippen LogP contribution in [-0.2, 0) is 11.3 Å². The van der Waals surface area contributed by atoms with Gasteiger partial charge in [0.25, 0.3) is 0 Å². The monoisotopic (exact) mass is 288 g/mol. The number of fused-ring (bicyclic) bond motifs is 1. The first-order valence-corrected chi connectivity index (χ1v) is 7.26. The fraction of sp³-hybridized carbons (Fsp3) is 0.500. The summed E-state index contributed by atoms with van der Waals surface area (Å²) in [5.74, 6) is 0.843. The predicted octanol–water partition coefficient (Wildman–Crippen LogP) is 1.83. The number of aryl methyl sites for hydroxylation is 1. The number of hydrogen-bond acceptors (Lipinski definition) is 3. The Labute approximate surface area is 125 Å². The molecule has 1 aromatic heterocycles. The summed E-state index contributed by atoms with van der Waals surface area (Å²) in [5.41, 5.74) is 7.78. The van der Waals surface area contributed by atoms with E-state index in [2.05, 4.69) is 14.9 Å². The Morgan fingerprint density at radius 2 is 2.05 bits per heavy atom. The highest BCUT2D eigenvalue weighted by molar-refractivity contribution is 5.82. The Bertz CT molecular complexity index is 639. The summed E-state index contributed by atoms with van der Waals surface area (Å²) >= 11 is 0. The Balaban J connectivity index is 2.00. The molecule has 0 bridgehead atoms. The SMILES string of the molecule is Cc1nc2ccccc2n1CCNC(=O)C(N)C(C)(C)C. The standard InChI is InChI=1S/C16H24N4O/c1-11-19-12-7-5-6-8-13(12)20(11)10-9-18-15(21)14(17)16(2,3)4/h5-8,14H,9-10,17H2,1-4H3,(H,18,21). The van der Waals surface area contributed by atoms with Crippen molar-refractivity contribution in [3.63, 3.8) is 0 Å². The molecule has 1 amide bonds. The maximum Gasteiger partial charge on any atom is 0.237 e. The van der Waals surface area contributed by atoms with Crippen LogP contribution in [0.3, 0.4) is 0 Å². The average molecular weight is 288 g/mol. The lowest BCUT2D eigenvalue weighted by Crippen LogP contribution is -2.49. The van der Waals surface area contributed by atoms with Gasteiger partial charge in [0, 0.05) is 13.1 Å². The number of aromatic nitrogens is 2. The molecule has 0 fully saturated rings. The van der Waals surface area contributed by atoms with E-state index in [1.165, 1.54) is 0 Å². The van der Waals surface area contributed by atoms with Crippen LogP contribution in [0.5, 0.6) is 0 Å². The molecule has 0 radical (unpaired) electrons. The maximum absolute atomic E-state index is 12.0. The fourth-order valence-corrected chi connectivity index (χ4v) is 2.27. The van der Waals surface area contributed by atoms with E-state index in [9.17, 15) is 4.79 Å². The number of hydrogen-bond donors (Lipinski definition) is 2. The van der Waals surface area contributed by atoms with Gasteiger partial charge in [0.15, 0.2) is 0 Å². The Hall–Kier alpha value is -1.88. The van der Waals surface area contributed by atoms with Gasteiger partial charge in [-0.1, -0.05) is 32.9 Å². The van der Waals surface area contributed by atoms with E-state index in [4.69, 9.17) is 5.73 Å². The number of amides is 1. The van der Waals surface area contributed by atoms with Gasteiger partial charge >= 0.3 is 0 Å². The molecule has 1 aromatic carbocycles. The second kappa shape index (κ2) is 5.85. The van der Waals surface area contributed by atoms with Crippen molar-refractivity contribution >= 4 is 16.9 Å². The summed E-state index contributed by atoms with van der Waals surface area (Å²) in [6.45, 7) is 9.10. The molecule has 5 nitrogen and oxygen atoms in total. The zero-order chi connectivity index (χ0) is 15.6. The molecule has 2 rings (SSSR count). The molecule has 1 atom stereocenters. The van der Waals surface area contributed by atoms with Crippen molar-refractivity contribution in [1.29, 1.82) is 0 Å². The van der Waals surface area contributed by atoms with Crippen LogP contribution in [0.1, 0.15) is 26.6 Å². The number of para-hydroxylation sites is 2. The largest absolute Gasteiger partial charge is 0.353 e. The van der Waals surface area contributed by atoms with Crippen LogP contribution in [-0.4, -0.2) is 28.0 Å². The molecular formula is C16H24N4O. The van der Waals surface area contributed by atoms with Gasteiger partial charge in [0.05, 0.1) is 17.1 Å². The van der Waals surface area contributed by atoms with E-state index >= 15 is 0 Å². The van der Waals surface area contributed by atoms with E-state index in [1.54, 1.807) is 0 Å². The Kier molecular flexibility index (Phi) is 4.32. The zero-order valence-electron chi connectivity index (χ0n) is 13.2. The third-order valence-corrected chi connectivity index (χ3v) is 3.70. The highest BCUT2D eigenvalue weighted by Crippen LogP contribution is 2.17. The van der Waals surface area contributed by atoms with Crippen LogP contribution in [0, 0.1) is 12.3 Å². The third kappa shape index (κ3) is 3.42. The molecule has 1 unspecified atom stereocenters. The summed E-state index contributed by atoms with van der Waals surface area (Å²) in [7, 11) is 0. The van der Waals surface area contributed by atoms with Crippen LogP contribution in [0.15, 0.2) is 24.3 Å². The van der Waals surface area contributed by atoms with Crippen molar-refractivity contribution in [3.05, 3.63) is 30.1 Å². The molecular weight excluding hydrogens is 264 g/mol. The number of nitrogens with one attached hydrogen (secondary N) is 1. The molecule has 3 N–H and O–H groups in total. The summed E-state index contributed by atoms with van der Waals surface area (Å²) in [4.78, 5) is 16.5. The number of rotatable bonds is 4. The predicted molar refractivity (Wildman–Crippen MR) is 84.9 cm³/mol. The van der Waals surface area contributed by atoms with Gasteiger partial charge in [-0.25, -0.2) is 4.98 Å². The van der Waals surface area contributed by atoms with E-state index < -0.39 is 6.04 Å². The van der Waals surface area contributed by atoms with E-state index in [0.29, 0.717) is 13.1 Å². The third-order valence-electron chi connectivity index (χ3n) is 3.70. The lowest BCUT2D eigenvalue weighted by molar-refractivity contribution is -0.124. The van der Waals surface area contributed by atoms with Crippen molar-refractivity contribution < 1.29 is 4.79 Å². The lowest BCUT2D eigenvalue weighted by atomic mass is 9.87. The number of carbonyl (C=O) groups is 1. The zero-order valence-corrected chi connectivity index (χ0v) is 13.2. The molecule has 5 heteroatoms. The summed E-state index contributed by atoms with van der Waals surface area (Å²) < 4.78 is 2.11. The molecule has 21 heavy (non-hydrogen) atoms. The van der Waals surface area contributed by atoms with Crippen molar-refractivity contribution in [2.75, 3.05) is 6.54 Å².